The minimum atomic E-state index is -0.820. The lowest BCUT2D eigenvalue weighted by Gasteiger charge is -2.42. The summed E-state index contributed by atoms with van der Waals surface area (Å²) < 4.78 is 5.31. The number of amides is 2. The number of rotatable bonds is 6. The number of hydrogen-bond acceptors (Lipinski definition) is 4. The third kappa shape index (κ3) is 3.68. The molecule has 1 saturated carbocycles. The molecule has 1 fully saturated rings. The molecular weight excluding hydrogens is 310 g/mol. The van der Waals surface area contributed by atoms with Gasteiger partial charge >= 0.3 is 12.0 Å². The topological polar surface area (TPSA) is 94.8 Å². The Morgan fingerprint density at radius 1 is 1.33 bits per heavy atom. The molecule has 3 N–H and O–H groups in total. The number of hydrogen-bond donors (Lipinski definition) is 3. The highest BCUT2D eigenvalue weighted by Crippen LogP contribution is 2.26. The number of fused-ring (bicyclic) bond motifs is 1. The number of likely N-dealkylation sites (N-methyl/N-ethyl adjacent to an activating group) is 1. The van der Waals surface area contributed by atoms with Crippen LogP contribution < -0.4 is 10.6 Å². The van der Waals surface area contributed by atoms with E-state index in [0.29, 0.717) is 12.2 Å². The summed E-state index contributed by atoms with van der Waals surface area (Å²) in [6.07, 6.45) is 3.15. The fourth-order valence-corrected chi connectivity index (χ4v) is 3.06. The van der Waals surface area contributed by atoms with Crippen LogP contribution >= 0.6 is 0 Å². The number of nitrogens with one attached hydrogen (secondary N) is 2. The van der Waals surface area contributed by atoms with E-state index in [1.807, 2.05) is 30.0 Å². The molecule has 2 aromatic rings. The van der Waals surface area contributed by atoms with Crippen LogP contribution in [0.3, 0.4) is 0 Å². The van der Waals surface area contributed by atoms with Crippen molar-refractivity contribution in [1.29, 1.82) is 0 Å². The Morgan fingerprint density at radius 3 is 2.83 bits per heavy atom. The van der Waals surface area contributed by atoms with Crippen molar-refractivity contribution >= 4 is 28.7 Å². The molecule has 0 bridgehead atoms. The lowest BCUT2D eigenvalue weighted by molar-refractivity contribution is -0.139. The average molecular weight is 331 g/mol. The summed E-state index contributed by atoms with van der Waals surface area (Å²) in [5, 5.41) is 15.6. The Labute approximate surface area is 139 Å². The van der Waals surface area contributed by atoms with E-state index in [4.69, 9.17) is 9.52 Å². The summed E-state index contributed by atoms with van der Waals surface area (Å²) in [7, 11) is 0. The fraction of sp³-hybridized carbons (Fsp3) is 0.412. The van der Waals surface area contributed by atoms with Crippen LogP contribution in [0.25, 0.3) is 11.0 Å². The highest BCUT2D eigenvalue weighted by molar-refractivity contribution is 5.92. The van der Waals surface area contributed by atoms with Gasteiger partial charge in [0.05, 0.1) is 12.8 Å². The molecule has 0 radical (unpaired) electrons. The van der Waals surface area contributed by atoms with Gasteiger partial charge in [-0.1, -0.05) is 6.92 Å². The molecule has 0 spiro atoms. The molecule has 0 unspecified atom stereocenters. The molecule has 128 valence electrons. The lowest BCUT2D eigenvalue weighted by atomic mass is 9.85. The molecule has 1 aromatic heterocycles. The van der Waals surface area contributed by atoms with Crippen LogP contribution in [0.1, 0.15) is 19.8 Å². The predicted molar refractivity (Wildman–Crippen MR) is 90.1 cm³/mol. The molecule has 3 rings (SSSR count). The van der Waals surface area contributed by atoms with Crippen LogP contribution in [0.5, 0.6) is 0 Å². The molecule has 7 nitrogen and oxygen atoms in total. The van der Waals surface area contributed by atoms with Crippen molar-refractivity contribution in [2.24, 2.45) is 0 Å². The van der Waals surface area contributed by atoms with Crippen LogP contribution in [-0.2, 0) is 4.79 Å². The normalized spacial score (nSPS) is 19.9. The smallest absolute Gasteiger partial charge is 0.319 e. The molecule has 1 aliphatic carbocycles. The van der Waals surface area contributed by atoms with Crippen molar-refractivity contribution in [3.63, 3.8) is 0 Å². The summed E-state index contributed by atoms with van der Waals surface area (Å²) in [5.74, 6) is -0.820. The number of urea groups is 1. The van der Waals surface area contributed by atoms with Gasteiger partial charge in [-0.2, -0.15) is 0 Å². The van der Waals surface area contributed by atoms with Crippen LogP contribution in [0.15, 0.2) is 34.9 Å². The van der Waals surface area contributed by atoms with E-state index < -0.39 is 5.97 Å². The highest BCUT2D eigenvalue weighted by Gasteiger charge is 2.34. The Morgan fingerprint density at radius 2 is 2.12 bits per heavy atom. The Balaban J connectivity index is 1.47. The summed E-state index contributed by atoms with van der Waals surface area (Å²) in [6, 6.07) is 7.40. The van der Waals surface area contributed by atoms with Gasteiger partial charge in [0, 0.05) is 29.2 Å². The molecule has 0 aliphatic heterocycles. The van der Waals surface area contributed by atoms with Gasteiger partial charge in [0.1, 0.15) is 5.58 Å². The second-order valence-corrected chi connectivity index (χ2v) is 6.05. The van der Waals surface area contributed by atoms with Crippen molar-refractivity contribution < 1.29 is 19.1 Å². The number of furan rings is 1. The van der Waals surface area contributed by atoms with Crippen LogP contribution in [0, 0.1) is 0 Å². The van der Waals surface area contributed by atoms with Gasteiger partial charge < -0.3 is 20.2 Å². The Bertz CT molecular complexity index is 736. The van der Waals surface area contributed by atoms with E-state index in [2.05, 4.69) is 10.6 Å². The third-order valence-corrected chi connectivity index (χ3v) is 4.42. The first kappa shape index (κ1) is 16.3. The van der Waals surface area contributed by atoms with Crippen molar-refractivity contribution in [2.45, 2.75) is 31.8 Å². The van der Waals surface area contributed by atoms with Crippen molar-refractivity contribution in [3.8, 4) is 0 Å². The maximum Gasteiger partial charge on any atom is 0.319 e. The van der Waals surface area contributed by atoms with Crippen molar-refractivity contribution in [2.75, 3.05) is 18.4 Å². The highest BCUT2D eigenvalue weighted by atomic mass is 16.4. The van der Waals surface area contributed by atoms with Crippen LogP contribution in [0.4, 0.5) is 10.5 Å². The number of benzene rings is 1. The molecular formula is C17H21N3O4. The first-order valence-corrected chi connectivity index (χ1v) is 8.05. The van der Waals surface area contributed by atoms with Crippen molar-refractivity contribution in [1.82, 2.24) is 10.2 Å². The minimum Gasteiger partial charge on any atom is -0.480 e. The van der Waals surface area contributed by atoms with Crippen LogP contribution in [0.2, 0.25) is 0 Å². The van der Waals surface area contributed by atoms with Gasteiger partial charge in [0.15, 0.2) is 0 Å². The first-order chi connectivity index (χ1) is 11.5. The summed E-state index contributed by atoms with van der Waals surface area (Å²) >= 11 is 0. The Kier molecular flexibility index (Phi) is 4.71. The SMILES string of the molecule is CCN(CC(=O)O)C1CC(NC(=O)Nc2ccc3ccoc3c2)C1. The van der Waals surface area contributed by atoms with E-state index >= 15 is 0 Å². The van der Waals surface area contributed by atoms with Gasteiger partial charge in [0.25, 0.3) is 0 Å². The molecule has 1 aliphatic rings. The quantitative estimate of drug-likeness (QED) is 0.756. The molecule has 0 saturated heterocycles. The van der Waals surface area contributed by atoms with E-state index in [9.17, 15) is 9.59 Å². The third-order valence-electron chi connectivity index (χ3n) is 4.42. The second-order valence-electron chi connectivity index (χ2n) is 6.05. The monoisotopic (exact) mass is 331 g/mol. The van der Waals surface area contributed by atoms with Gasteiger partial charge in [-0.15, -0.1) is 0 Å². The second kappa shape index (κ2) is 6.92. The molecule has 1 aromatic carbocycles. The summed E-state index contributed by atoms with van der Waals surface area (Å²) in [6.45, 7) is 2.68. The number of carboxylic acid groups (broad SMARTS) is 1. The summed E-state index contributed by atoms with van der Waals surface area (Å²) in [5.41, 5.74) is 1.40. The number of anilines is 1. The number of carboxylic acids is 1. The maximum atomic E-state index is 12.1. The van der Waals surface area contributed by atoms with E-state index in [-0.39, 0.29) is 24.7 Å². The molecule has 0 atom stereocenters. The fourth-order valence-electron chi connectivity index (χ4n) is 3.06. The predicted octanol–water partition coefficient (Wildman–Crippen LogP) is 2.49. The molecule has 24 heavy (non-hydrogen) atoms. The average Bonchev–Trinajstić information content (AvgIpc) is 2.96. The van der Waals surface area contributed by atoms with Crippen molar-refractivity contribution in [3.05, 3.63) is 30.5 Å². The standard InChI is InChI=1S/C17H21N3O4/c1-2-20(10-16(21)22)14-7-13(8-14)19-17(23)18-12-4-3-11-5-6-24-15(11)9-12/h3-6,9,13-14H,2,7-8,10H2,1H3,(H,21,22)(H2,18,19,23). The van der Waals surface area contributed by atoms with E-state index in [0.717, 1.165) is 23.8 Å². The number of nitrogens with zero attached hydrogens (tertiary/aromatic N) is 1. The zero-order valence-corrected chi connectivity index (χ0v) is 13.5. The lowest BCUT2D eigenvalue weighted by Crippen LogP contribution is -2.55. The molecule has 1 heterocycles. The summed E-state index contributed by atoms with van der Waals surface area (Å²) in [4.78, 5) is 24.8. The van der Waals surface area contributed by atoms with Crippen LogP contribution in [-0.4, -0.2) is 47.2 Å². The van der Waals surface area contributed by atoms with Gasteiger partial charge in [-0.05, 0) is 37.6 Å². The molecule has 2 amide bonds. The Hall–Kier alpha value is -2.54. The maximum absolute atomic E-state index is 12.1. The van der Waals surface area contributed by atoms with Gasteiger partial charge in [-0.25, -0.2) is 4.79 Å². The van der Waals surface area contributed by atoms with Gasteiger partial charge in [0.2, 0.25) is 0 Å². The number of carbonyl (C=O) groups is 2. The largest absolute Gasteiger partial charge is 0.480 e. The van der Waals surface area contributed by atoms with E-state index in [1.54, 1.807) is 12.3 Å². The number of aliphatic carboxylic acids is 1. The minimum absolute atomic E-state index is 0.0449. The first-order valence-electron chi connectivity index (χ1n) is 8.05. The van der Waals surface area contributed by atoms with E-state index in [1.165, 1.54) is 0 Å². The zero-order chi connectivity index (χ0) is 17.1. The number of carbonyl (C=O) groups excluding carboxylic acids is 1. The molecule has 7 heteroatoms. The zero-order valence-electron chi connectivity index (χ0n) is 13.5. The van der Waals surface area contributed by atoms with Gasteiger partial charge in [-0.3, -0.25) is 9.69 Å².